The first-order valence-electron chi connectivity index (χ1n) is 20.0. The molecule has 1 aliphatic carbocycles. The van der Waals surface area contributed by atoms with Crippen LogP contribution in [0.15, 0.2) is 42.5 Å². The highest BCUT2D eigenvalue weighted by molar-refractivity contribution is 6.30. The summed E-state index contributed by atoms with van der Waals surface area (Å²) < 4.78 is 14.5. The lowest BCUT2D eigenvalue weighted by Gasteiger charge is -2.39. The lowest BCUT2D eigenvalue weighted by atomic mass is 9.99. The SMILES string of the molecule is Cc1cccc(C[C@H](NC(=O)Nc2ccc(Cl)cc2F)C(=O)N[C@@H](CO)C(=O)N2C[C@@H](N)C[C@H]2C(=O)N2CCCC[C@H]2C(=O)N[C@@H](C)C(=O)N2C[C@H](C)C[C@]23CC3=O)c1. The number of aryl methyl sites for hydroxylation is 1. The van der Waals surface area contributed by atoms with Gasteiger partial charge < -0.3 is 46.8 Å². The van der Waals surface area contributed by atoms with Crippen molar-refractivity contribution in [3.8, 4) is 0 Å². The number of likely N-dealkylation sites (tertiary alicyclic amines) is 3. The molecule has 16 nitrogen and oxygen atoms in total. The number of carbonyl (C=O) groups is 7. The number of hydrogen-bond donors (Lipinski definition) is 6. The predicted octanol–water partition coefficient (Wildman–Crippen LogP) is 1.39. The van der Waals surface area contributed by atoms with Gasteiger partial charge in [-0.1, -0.05) is 48.4 Å². The highest BCUT2D eigenvalue weighted by Crippen LogP contribution is 2.48. The molecule has 7 N–H and O–H groups in total. The Morgan fingerprint density at radius 3 is 2.41 bits per heavy atom. The number of rotatable bonds is 12. The fraction of sp³-hybridized carbons (Fsp3) is 0.537. The van der Waals surface area contributed by atoms with Crippen LogP contribution in [0.25, 0.3) is 0 Å². The number of carbonyl (C=O) groups excluding carboxylic acids is 7. The number of benzene rings is 2. The quantitative estimate of drug-likeness (QED) is 0.182. The molecule has 7 amide bonds. The molecule has 0 aromatic heterocycles. The van der Waals surface area contributed by atoms with Crippen LogP contribution in [0.1, 0.15) is 63.5 Å². The highest BCUT2D eigenvalue weighted by atomic mass is 35.5. The van der Waals surface area contributed by atoms with Crippen LogP contribution in [0.4, 0.5) is 14.9 Å². The van der Waals surface area contributed by atoms with Crippen LogP contribution in [0.3, 0.4) is 0 Å². The summed E-state index contributed by atoms with van der Waals surface area (Å²) in [5, 5.41) is 20.7. The largest absolute Gasteiger partial charge is 0.394 e. The number of halogens is 2. The van der Waals surface area contributed by atoms with Crippen molar-refractivity contribution >= 4 is 58.6 Å². The summed E-state index contributed by atoms with van der Waals surface area (Å²) in [6.07, 6.45) is 2.47. The molecule has 2 aromatic carbocycles. The first kappa shape index (κ1) is 43.4. The third-order valence-electron chi connectivity index (χ3n) is 11.7. The van der Waals surface area contributed by atoms with E-state index in [0.29, 0.717) is 44.2 Å². The van der Waals surface area contributed by atoms with Gasteiger partial charge in [0, 0.05) is 43.5 Å². The fourth-order valence-corrected chi connectivity index (χ4v) is 8.81. The van der Waals surface area contributed by atoms with Crippen molar-refractivity contribution in [1.82, 2.24) is 30.7 Å². The van der Waals surface area contributed by atoms with Crippen LogP contribution in [-0.2, 0) is 35.2 Å². The average molecular weight is 839 g/mol. The van der Waals surface area contributed by atoms with E-state index >= 15 is 0 Å². The van der Waals surface area contributed by atoms with E-state index < -0.39 is 83.9 Å². The molecule has 4 fully saturated rings. The number of aliphatic hydroxyl groups excluding tert-OH is 1. The van der Waals surface area contributed by atoms with Gasteiger partial charge in [0.05, 0.1) is 12.3 Å². The standard InChI is InChI=1S/C41H52ClFN8O8/c1-22-7-6-8-25(13-22)14-30(48-40(59)47-29-11-10-26(42)15-28(29)43)35(54)46-31(21-52)38(57)50-20-27(44)16-33(50)39(58)49-12-5-4-9-32(49)36(55)45-24(3)37(56)51-19-23(2)17-41(51)18-34(41)53/h6-8,10-11,13,15,23-24,27,30-33,52H,4-5,9,12,14,16-21,44H2,1-3H3,(H,45,55)(H,46,54)(H2,47,48,59)/t23-,24+,27+,30+,31+,32+,33+,41-/m1/s1. The fourth-order valence-electron chi connectivity index (χ4n) is 8.65. The maximum absolute atomic E-state index is 14.5. The summed E-state index contributed by atoms with van der Waals surface area (Å²) in [4.78, 5) is 99.0. The summed E-state index contributed by atoms with van der Waals surface area (Å²) in [5.74, 6) is -3.69. The summed E-state index contributed by atoms with van der Waals surface area (Å²) >= 11 is 5.83. The number of urea groups is 1. The number of piperidine rings is 1. The van der Waals surface area contributed by atoms with Gasteiger partial charge in [-0.15, -0.1) is 0 Å². The molecule has 18 heteroatoms. The number of nitrogens with one attached hydrogen (secondary N) is 4. The molecule has 1 saturated carbocycles. The average Bonchev–Trinajstić information content (AvgIpc) is 3.47. The molecule has 4 aliphatic rings. The van der Waals surface area contributed by atoms with E-state index in [1.165, 1.54) is 21.9 Å². The van der Waals surface area contributed by atoms with Crippen LogP contribution in [0.2, 0.25) is 5.02 Å². The van der Waals surface area contributed by atoms with Gasteiger partial charge in [-0.3, -0.25) is 28.8 Å². The molecule has 3 saturated heterocycles. The monoisotopic (exact) mass is 838 g/mol. The van der Waals surface area contributed by atoms with Gasteiger partial charge in [0.1, 0.15) is 41.6 Å². The number of nitrogens with two attached hydrogens (primary N) is 1. The molecule has 0 bridgehead atoms. The number of Topliss-reactive ketones (excluding diaryl/α,β-unsaturated/α-hetero) is 1. The number of nitrogens with zero attached hydrogens (tertiary/aromatic N) is 3. The molecular weight excluding hydrogens is 787 g/mol. The molecule has 8 atom stereocenters. The number of hydrogen-bond acceptors (Lipinski definition) is 9. The zero-order valence-electron chi connectivity index (χ0n) is 33.3. The molecule has 2 aromatic rings. The third kappa shape index (κ3) is 9.68. The second-order valence-corrected chi connectivity index (χ2v) is 16.8. The smallest absolute Gasteiger partial charge is 0.319 e. The topological polar surface area (TPSA) is 224 Å². The number of aliphatic hydroxyl groups is 1. The maximum atomic E-state index is 14.5. The Morgan fingerprint density at radius 1 is 0.983 bits per heavy atom. The summed E-state index contributed by atoms with van der Waals surface area (Å²) in [7, 11) is 0. The number of amides is 7. The maximum Gasteiger partial charge on any atom is 0.319 e. The summed E-state index contributed by atoms with van der Waals surface area (Å²) in [6, 6.07) is 3.40. The Balaban J connectivity index is 1.13. The van der Waals surface area contributed by atoms with Crippen LogP contribution >= 0.6 is 11.6 Å². The van der Waals surface area contributed by atoms with Gasteiger partial charge >= 0.3 is 6.03 Å². The normalized spacial score (nSPS) is 25.3. The van der Waals surface area contributed by atoms with Crippen molar-refractivity contribution < 1.29 is 43.1 Å². The van der Waals surface area contributed by atoms with Crippen molar-refractivity contribution in [3.63, 3.8) is 0 Å². The van der Waals surface area contributed by atoms with Gasteiger partial charge in [-0.2, -0.15) is 0 Å². The first-order chi connectivity index (χ1) is 28.0. The van der Waals surface area contributed by atoms with E-state index in [-0.39, 0.29) is 54.2 Å². The van der Waals surface area contributed by atoms with Crippen LogP contribution in [0.5, 0.6) is 0 Å². The molecule has 59 heavy (non-hydrogen) atoms. The van der Waals surface area contributed by atoms with E-state index in [2.05, 4.69) is 21.3 Å². The molecule has 3 heterocycles. The second kappa shape index (κ2) is 18.0. The number of ketones is 1. The predicted molar refractivity (Wildman–Crippen MR) is 214 cm³/mol. The molecular formula is C41H52ClFN8O8. The lowest BCUT2D eigenvalue weighted by Crippen LogP contribution is -2.61. The van der Waals surface area contributed by atoms with E-state index in [1.54, 1.807) is 30.0 Å². The van der Waals surface area contributed by atoms with E-state index in [0.717, 1.165) is 11.6 Å². The van der Waals surface area contributed by atoms with E-state index in [1.807, 2.05) is 19.9 Å². The van der Waals surface area contributed by atoms with Crippen LogP contribution < -0.4 is 27.0 Å². The van der Waals surface area contributed by atoms with Gasteiger partial charge in [0.25, 0.3) is 0 Å². The first-order valence-corrected chi connectivity index (χ1v) is 20.4. The molecule has 318 valence electrons. The van der Waals surface area contributed by atoms with Crippen molar-refractivity contribution in [2.75, 3.05) is 31.6 Å². The van der Waals surface area contributed by atoms with Gasteiger partial charge in [-0.05, 0) is 75.6 Å². The van der Waals surface area contributed by atoms with E-state index in [9.17, 15) is 43.1 Å². The molecule has 3 aliphatic heterocycles. The van der Waals surface area contributed by atoms with Crippen LogP contribution in [-0.4, -0.2) is 129 Å². The van der Waals surface area contributed by atoms with Crippen molar-refractivity contribution in [2.24, 2.45) is 11.7 Å². The molecule has 0 unspecified atom stereocenters. The Labute approximate surface area is 346 Å². The van der Waals surface area contributed by atoms with Gasteiger partial charge in [-0.25, -0.2) is 9.18 Å². The van der Waals surface area contributed by atoms with E-state index in [4.69, 9.17) is 17.3 Å². The lowest BCUT2D eigenvalue weighted by molar-refractivity contribution is -0.151. The minimum absolute atomic E-state index is 0.0175. The Hall–Kier alpha value is -5.13. The zero-order chi connectivity index (χ0) is 42.8. The Bertz CT molecular complexity index is 2010. The van der Waals surface area contributed by atoms with Crippen molar-refractivity contribution in [1.29, 1.82) is 0 Å². The minimum atomic E-state index is -1.55. The Morgan fingerprint density at radius 2 is 1.73 bits per heavy atom. The molecule has 1 spiro atoms. The van der Waals surface area contributed by atoms with Crippen molar-refractivity contribution in [3.05, 3.63) is 64.4 Å². The molecule has 6 rings (SSSR count). The van der Waals surface area contributed by atoms with Crippen molar-refractivity contribution in [2.45, 2.75) is 108 Å². The zero-order valence-corrected chi connectivity index (χ0v) is 34.1. The summed E-state index contributed by atoms with van der Waals surface area (Å²) in [6.45, 7) is 5.08. The summed E-state index contributed by atoms with van der Waals surface area (Å²) in [5.41, 5.74) is 6.88. The number of anilines is 1. The second-order valence-electron chi connectivity index (χ2n) is 16.4. The minimum Gasteiger partial charge on any atom is -0.394 e. The Kier molecular flexibility index (Phi) is 13.3. The van der Waals surface area contributed by atoms with Crippen LogP contribution in [0, 0.1) is 18.7 Å². The highest BCUT2D eigenvalue weighted by Gasteiger charge is 2.63. The van der Waals surface area contributed by atoms with Gasteiger partial charge in [0.15, 0.2) is 5.78 Å². The van der Waals surface area contributed by atoms with Gasteiger partial charge in [0.2, 0.25) is 29.5 Å². The third-order valence-corrected chi connectivity index (χ3v) is 11.9. The molecule has 0 radical (unpaired) electrons.